The third-order valence-corrected chi connectivity index (χ3v) is 3.84. The summed E-state index contributed by atoms with van der Waals surface area (Å²) in [6.07, 6.45) is 0. The van der Waals surface area contributed by atoms with Gasteiger partial charge in [0.25, 0.3) is 0 Å². The van der Waals surface area contributed by atoms with Gasteiger partial charge in [-0.3, -0.25) is 0 Å². The maximum atomic E-state index is 9.78. The van der Waals surface area contributed by atoms with Gasteiger partial charge >= 0.3 is 0 Å². The molecule has 0 unspecified atom stereocenters. The van der Waals surface area contributed by atoms with Crippen molar-refractivity contribution >= 4 is 27.8 Å². The van der Waals surface area contributed by atoms with Crippen LogP contribution in [0.3, 0.4) is 0 Å². The van der Waals surface area contributed by atoms with Gasteiger partial charge in [-0.15, -0.1) is 0 Å². The van der Waals surface area contributed by atoms with Crippen molar-refractivity contribution in [3.05, 3.63) is 24.0 Å². The largest absolute Gasteiger partial charge is 0.508 e. The maximum absolute atomic E-state index is 9.78. The van der Waals surface area contributed by atoms with Gasteiger partial charge in [0.05, 0.1) is 18.6 Å². The van der Waals surface area contributed by atoms with Crippen molar-refractivity contribution in [2.45, 2.75) is 6.92 Å². The topological polar surface area (TPSA) is 74.3 Å². The fraction of sp³-hybridized carbons (Fsp3) is 0.333. The van der Waals surface area contributed by atoms with Crippen LogP contribution in [-0.2, 0) is 4.74 Å². The number of morpholine rings is 1. The van der Waals surface area contributed by atoms with Crippen LogP contribution in [0.25, 0.3) is 21.9 Å². The van der Waals surface area contributed by atoms with Crippen molar-refractivity contribution in [1.29, 1.82) is 0 Å². The minimum Gasteiger partial charge on any atom is -0.508 e. The molecule has 108 valence electrons. The number of anilines is 1. The standard InChI is InChI=1S/C15H16N4O2/c1-9-16-14-13(11-8-10(20)2-3-12(11)18-14)15(17-9)19-4-6-21-7-5-19/h2-3,8,20H,4-7H2,1H3,(H,16,17,18). The zero-order valence-corrected chi connectivity index (χ0v) is 11.8. The van der Waals surface area contributed by atoms with Crippen LogP contribution in [0.2, 0.25) is 0 Å². The summed E-state index contributed by atoms with van der Waals surface area (Å²) in [7, 11) is 0. The van der Waals surface area contributed by atoms with E-state index in [-0.39, 0.29) is 5.75 Å². The number of nitrogens with zero attached hydrogens (tertiary/aromatic N) is 3. The number of phenolic OH excluding ortho intramolecular Hbond substituents is 1. The molecule has 0 atom stereocenters. The van der Waals surface area contributed by atoms with E-state index in [0.29, 0.717) is 13.2 Å². The zero-order valence-electron chi connectivity index (χ0n) is 11.8. The number of phenols is 1. The van der Waals surface area contributed by atoms with E-state index in [1.165, 1.54) is 0 Å². The number of aryl methyl sites for hydroxylation is 1. The first-order valence-corrected chi connectivity index (χ1v) is 7.04. The first-order chi connectivity index (χ1) is 10.2. The first kappa shape index (κ1) is 12.4. The molecule has 0 radical (unpaired) electrons. The Hall–Kier alpha value is -2.34. The Morgan fingerprint density at radius 2 is 2.05 bits per heavy atom. The smallest absolute Gasteiger partial charge is 0.144 e. The fourth-order valence-corrected chi connectivity index (χ4v) is 2.88. The van der Waals surface area contributed by atoms with E-state index < -0.39 is 0 Å². The van der Waals surface area contributed by atoms with Crippen LogP contribution in [0, 0.1) is 6.92 Å². The van der Waals surface area contributed by atoms with Crippen LogP contribution in [0.4, 0.5) is 5.82 Å². The monoisotopic (exact) mass is 284 g/mol. The molecule has 0 aliphatic carbocycles. The minimum atomic E-state index is 0.247. The van der Waals surface area contributed by atoms with Crippen LogP contribution in [-0.4, -0.2) is 46.4 Å². The van der Waals surface area contributed by atoms with Crippen molar-refractivity contribution < 1.29 is 9.84 Å². The molecular weight excluding hydrogens is 268 g/mol. The SMILES string of the molecule is Cc1nc(N2CCOCC2)c2c(n1)[nH]c1ccc(O)cc12. The lowest BCUT2D eigenvalue weighted by atomic mass is 10.2. The highest BCUT2D eigenvalue weighted by molar-refractivity contribution is 6.11. The number of ether oxygens (including phenoxy) is 1. The number of benzene rings is 1. The van der Waals surface area contributed by atoms with Crippen molar-refractivity contribution in [3.63, 3.8) is 0 Å². The second kappa shape index (κ2) is 4.60. The normalized spacial score (nSPS) is 16.0. The summed E-state index contributed by atoms with van der Waals surface area (Å²) in [6.45, 7) is 4.94. The molecule has 1 aliphatic rings. The lowest BCUT2D eigenvalue weighted by Gasteiger charge is -2.28. The van der Waals surface area contributed by atoms with E-state index in [9.17, 15) is 5.11 Å². The van der Waals surface area contributed by atoms with Crippen LogP contribution < -0.4 is 4.90 Å². The number of rotatable bonds is 1. The molecule has 21 heavy (non-hydrogen) atoms. The van der Waals surface area contributed by atoms with E-state index in [1.807, 2.05) is 13.0 Å². The van der Waals surface area contributed by atoms with E-state index in [0.717, 1.165) is 46.7 Å². The number of hydrogen-bond donors (Lipinski definition) is 2. The second-order valence-electron chi connectivity index (χ2n) is 5.27. The average molecular weight is 284 g/mol. The van der Waals surface area contributed by atoms with Crippen molar-refractivity contribution in [2.75, 3.05) is 31.2 Å². The van der Waals surface area contributed by atoms with Crippen molar-refractivity contribution in [2.24, 2.45) is 0 Å². The Balaban J connectivity index is 2.03. The highest BCUT2D eigenvalue weighted by Gasteiger charge is 2.19. The van der Waals surface area contributed by atoms with Gasteiger partial charge in [-0.25, -0.2) is 9.97 Å². The van der Waals surface area contributed by atoms with Crippen LogP contribution in [0.1, 0.15) is 5.82 Å². The van der Waals surface area contributed by atoms with Crippen LogP contribution >= 0.6 is 0 Å². The number of H-pyrrole nitrogens is 1. The Labute approximate surface area is 121 Å². The number of aromatic hydroxyl groups is 1. The highest BCUT2D eigenvalue weighted by atomic mass is 16.5. The molecule has 0 saturated carbocycles. The molecule has 1 fully saturated rings. The minimum absolute atomic E-state index is 0.247. The molecule has 3 heterocycles. The molecule has 0 spiro atoms. The summed E-state index contributed by atoms with van der Waals surface area (Å²) >= 11 is 0. The average Bonchev–Trinajstić information content (AvgIpc) is 2.84. The van der Waals surface area contributed by atoms with E-state index in [2.05, 4.69) is 19.9 Å². The molecule has 1 saturated heterocycles. The maximum Gasteiger partial charge on any atom is 0.144 e. The summed E-state index contributed by atoms with van der Waals surface area (Å²) in [5, 5.41) is 11.7. The zero-order chi connectivity index (χ0) is 14.4. The fourth-order valence-electron chi connectivity index (χ4n) is 2.88. The molecule has 0 amide bonds. The molecule has 4 rings (SSSR count). The van der Waals surface area contributed by atoms with Gasteiger partial charge < -0.3 is 19.7 Å². The molecule has 6 heteroatoms. The first-order valence-electron chi connectivity index (χ1n) is 7.04. The predicted molar refractivity (Wildman–Crippen MR) is 80.8 cm³/mol. The van der Waals surface area contributed by atoms with Gasteiger partial charge in [0.15, 0.2) is 0 Å². The summed E-state index contributed by atoms with van der Waals surface area (Å²) < 4.78 is 5.42. The Kier molecular flexibility index (Phi) is 2.71. The Bertz CT molecular complexity index is 821. The van der Waals surface area contributed by atoms with Crippen molar-refractivity contribution in [3.8, 4) is 5.75 Å². The number of fused-ring (bicyclic) bond motifs is 3. The molecular formula is C15H16N4O2. The van der Waals surface area contributed by atoms with E-state index in [4.69, 9.17) is 4.74 Å². The lowest BCUT2D eigenvalue weighted by Crippen LogP contribution is -2.37. The Morgan fingerprint density at radius 1 is 1.24 bits per heavy atom. The van der Waals surface area contributed by atoms with Crippen molar-refractivity contribution in [1.82, 2.24) is 15.0 Å². The number of aromatic nitrogens is 3. The second-order valence-corrected chi connectivity index (χ2v) is 5.27. The van der Waals surface area contributed by atoms with Crippen LogP contribution in [0.5, 0.6) is 5.75 Å². The summed E-state index contributed by atoms with van der Waals surface area (Å²) in [4.78, 5) is 14.7. The quantitative estimate of drug-likeness (QED) is 0.714. The summed E-state index contributed by atoms with van der Waals surface area (Å²) in [5.74, 6) is 1.90. The number of nitrogens with one attached hydrogen (secondary N) is 1. The molecule has 2 N–H and O–H groups in total. The van der Waals surface area contributed by atoms with E-state index >= 15 is 0 Å². The summed E-state index contributed by atoms with van der Waals surface area (Å²) in [5.41, 5.74) is 1.77. The molecule has 3 aromatic rings. The van der Waals surface area contributed by atoms with E-state index in [1.54, 1.807) is 12.1 Å². The molecule has 1 aromatic carbocycles. The molecule has 1 aliphatic heterocycles. The number of aromatic amines is 1. The predicted octanol–water partition coefficient (Wildman–Crippen LogP) is 1.96. The third kappa shape index (κ3) is 1.99. The lowest BCUT2D eigenvalue weighted by molar-refractivity contribution is 0.122. The summed E-state index contributed by atoms with van der Waals surface area (Å²) in [6, 6.07) is 5.30. The molecule has 2 aromatic heterocycles. The number of hydrogen-bond acceptors (Lipinski definition) is 5. The molecule has 6 nitrogen and oxygen atoms in total. The van der Waals surface area contributed by atoms with Gasteiger partial charge in [0, 0.05) is 24.0 Å². The van der Waals surface area contributed by atoms with Gasteiger partial charge in [-0.05, 0) is 25.1 Å². The van der Waals surface area contributed by atoms with Crippen LogP contribution in [0.15, 0.2) is 18.2 Å². The van der Waals surface area contributed by atoms with Gasteiger partial charge in [-0.2, -0.15) is 0 Å². The van der Waals surface area contributed by atoms with Gasteiger partial charge in [0.1, 0.15) is 23.0 Å². The molecule has 0 bridgehead atoms. The van der Waals surface area contributed by atoms with Gasteiger partial charge in [0.2, 0.25) is 0 Å². The Morgan fingerprint density at radius 3 is 2.86 bits per heavy atom. The highest BCUT2D eigenvalue weighted by Crippen LogP contribution is 2.33. The third-order valence-electron chi connectivity index (χ3n) is 3.84. The van der Waals surface area contributed by atoms with Gasteiger partial charge in [-0.1, -0.05) is 0 Å².